The number of rotatable bonds is 2. The molecule has 1 aromatic carbocycles. The van der Waals surface area contributed by atoms with E-state index in [1.807, 2.05) is 12.1 Å². The van der Waals surface area contributed by atoms with E-state index in [1.165, 1.54) is 13.3 Å². The maximum absolute atomic E-state index is 12.0. The summed E-state index contributed by atoms with van der Waals surface area (Å²) in [4.78, 5) is 16.9. The number of halogens is 1. The number of aromatic nitrogens is 2. The Morgan fingerprint density at radius 3 is 2.94 bits per heavy atom. The zero-order chi connectivity index (χ0) is 12.4. The van der Waals surface area contributed by atoms with Gasteiger partial charge in [-0.25, -0.2) is 5.06 Å². The van der Waals surface area contributed by atoms with Crippen molar-refractivity contribution in [3.05, 3.63) is 34.4 Å². The van der Waals surface area contributed by atoms with Crippen molar-refractivity contribution >= 4 is 32.7 Å². The molecule has 0 spiro atoms. The minimum atomic E-state index is -0.259. The SMILES string of the molecule is CON(C)C(=O)c1cnnc2ccc(Br)cc12. The van der Waals surface area contributed by atoms with Crippen molar-refractivity contribution < 1.29 is 9.63 Å². The first-order chi connectivity index (χ1) is 8.13. The molecule has 0 aliphatic rings. The highest BCUT2D eigenvalue weighted by molar-refractivity contribution is 9.10. The molecule has 88 valence electrons. The Bertz CT molecular complexity index is 574. The molecule has 0 N–H and O–H groups in total. The number of fused-ring (bicyclic) bond motifs is 1. The van der Waals surface area contributed by atoms with Crippen molar-refractivity contribution in [3.8, 4) is 0 Å². The number of benzene rings is 1. The quantitative estimate of drug-likeness (QED) is 0.796. The van der Waals surface area contributed by atoms with Crippen LogP contribution in [-0.4, -0.2) is 35.3 Å². The van der Waals surface area contributed by atoms with Gasteiger partial charge in [0.2, 0.25) is 0 Å². The molecule has 0 saturated carbocycles. The zero-order valence-corrected chi connectivity index (χ0v) is 10.9. The topological polar surface area (TPSA) is 55.3 Å². The molecule has 0 saturated heterocycles. The number of amides is 1. The summed E-state index contributed by atoms with van der Waals surface area (Å²) in [7, 11) is 2.98. The van der Waals surface area contributed by atoms with Crippen molar-refractivity contribution in [2.45, 2.75) is 0 Å². The minimum absolute atomic E-state index is 0.259. The van der Waals surface area contributed by atoms with Crippen molar-refractivity contribution in [3.63, 3.8) is 0 Å². The van der Waals surface area contributed by atoms with Gasteiger partial charge in [-0.3, -0.25) is 9.63 Å². The normalized spacial score (nSPS) is 10.5. The van der Waals surface area contributed by atoms with E-state index in [2.05, 4.69) is 26.1 Å². The highest BCUT2D eigenvalue weighted by Crippen LogP contribution is 2.21. The van der Waals surface area contributed by atoms with Crippen molar-refractivity contribution in [2.75, 3.05) is 14.2 Å². The van der Waals surface area contributed by atoms with E-state index in [0.29, 0.717) is 11.1 Å². The maximum Gasteiger partial charge on any atom is 0.279 e. The van der Waals surface area contributed by atoms with Crippen molar-refractivity contribution in [2.24, 2.45) is 0 Å². The Hall–Kier alpha value is -1.53. The molecule has 0 bridgehead atoms. The first-order valence-electron chi connectivity index (χ1n) is 4.86. The first kappa shape index (κ1) is 11.9. The predicted molar refractivity (Wildman–Crippen MR) is 66.3 cm³/mol. The average molecular weight is 296 g/mol. The summed E-state index contributed by atoms with van der Waals surface area (Å²) in [6.07, 6.45) is 1.44. The molecule has 0 unspecified atom stereocenters. The summed E-state index contributed by atoms with van der Waals surface area (Å²) in [6.45, 7) is 0. The lowest BCUT2D eigenvalue weighted by Gasteiger charge is -2.14. The lowest BCUT2D eigenvalue weighted by molar-refractivity contribution is -0.0756. The summed E-state index contributed by atoms with van der Waals surface area (Å²) in [5, 5.41) is 9.67. The largest absolute Gasteiger partial charge is 0.279 e. The summed E-state index contributed by atoms with van der Waals surface area (Å²) < 4.78 is 0.882. The summed E-state index contributed by atoms with van der Waals surface area (Å²) in [5.41, 5.74) is 1.13. The van der Waals surface area contributed by atoms with Gasteiger partial charge in [-0.1, -0.05) is 15.9 Å². The van der Waals surface area contributed by atoms with E-state index in [0.717, 1.165) is 14.9 Å². The molecule has 0 fully saturated rings. The number of nitrogens with zero attached hydrogens (tertiary/aromatic N) is 3. The fourth-order valence-electron chi connectivity index (χ4n) is 1.45. The number of carbonyl (C=O) groups is 1. The highest BCUT2D eigenvalue weighted by atomic mass is 79.9. The van der Waals surface area contributed by atoms with Gasteiger partial charge in [-0.2, -0.15) is 10.2 Å². The van der Waals surface area contributed by atoms with Gasteiger partial charge >= 0.3 is 0 Å². The number of hydrogen-bond acceptors (Lipinski definition) is 4. The molecular formula is C11H10BrN3O2. The first-order valence-corrected chi connectivity index (χ1v) is 5.66. The molecule has 0 radical (unpaired) electrons. The molecule has 1 amide bonds. The van der Waals surface area contributed by atoms with Gasteiger partial charge < -0.3 is 0 Å². The van der Waals surface area contributed by atoms with Crippen LogP contribution < -0.4 is 0 Å². The molecule has 5 nitrogen and oxygen atoms in total. The van der Waals surface area contributed by atoms with E-state index in [1.54, 1.807) is 13.1 Å². The van der Waals surface area contributed by atoms with Gasteiger partial charge in [0.05, 0.1) is 24.4 Å². The van der Waals surface area contributed by atoms with E-state index >= 15 is 0 Å². The van der Waals surface area contributed by atoms with E-state index in [-0.39, 0.29) is 5.91 Å². The Labute approximate surface area is 106 Å². The van der Waals surface area contributed by atoms with Crippen LogP contribution in [0.1, 0.15) is 10.4 Å². The van der Waals surface area contributed by atoms with Crippen LogP contribution in [0.5, 0.6) is 0 Å². The van der Waals surface area contributed by atoms with Gasteiger partial charge in [0, 0.05) is 16.9 Å². The lowest BCUT2D eigenvalue weighted by atomic mass is 10.1. The van der Waals surface area contributed by atoms with Gasteiger partial charge in [0.1, 0.15) is 0 Å². The summed E-state index contributed by atoms with van der Waals surface area (Å²) >= 11 is 3.37. The smallest absolute Gasteiger partial charge is 0.274 e. The highest BCUT2D eigenvalue weighted by Gasteiger charge is 2.15. The molecule has 17 heavy (non-hydrogen) atoms. The van der Waals surface area contributed by atoms with Gasteiger partial charge in [0.25, 0.3) is 5.91 Å². The van der Waals surface area contributed by atoms with Crippen LogP contribution in [0.4, 0.5) is 0 Å². The molecule has 0 aliphatic heterocycles. The van der Waals surface area contributed by atoms with E-state index in [9.17, 15) is 4.79 Å². The number of carbonyl (C=O) groups excluding carboxylic acids is 1. The second-order valence-electron chi connectivity index (χ2n) is 3.40. The summed E-state index contributed by atoms with van der Waals surface area (Å²) in [6, 6.07) is 5.49. The Morgan fingerprint density at radius 1 is 1.47 bits per heavy atom. The molecular weight excluding hydrogens is 286 g/mol. The third kappa shape index (κ3) is 2.27. The molecule has 2 aromatic rings. The molecule has 1 heterocycles. The average Bonchev–Trinajstić information content (AvgIpc) is 2.36. The third-order valence-electron chi connectivity index (χ3n) is 2.39. The number of hydroxylamine groups is 2. The fourth-order valence-corrected chi connectivity index (χ4v) is 1.81. The van der Waals surface area contributed by atoms with Crippen molar-refractivity contribution in [1.82, 2.24) is 15.3 Å². The lowest BCUT2D eigenvalue weighted by Crippen LogP contribution is -2.25. The predicted octanol–water partition coefficient (Wildman–Crippen LogP) is 2.03. The van der Waals surface area contributed by atoms with Crippen LogP contribution in [0.25, 0.3) is 10.9 Å². The van der Waals surface area contributed by atoms with Crippen LogP contribution in [0, 0.1) is 0 Å². The van der Waals surface area contributed by atoms with Crippen LogP contribution in [0.2, 0.25) is 0 Å². The molecule has 2 rings (SSSR count). The monoisotopic (exact) mass is 295 g/mol. The third-order valence-corrected chi connectivity index (χ3v) is 2.88. The van der Waals surface area contributed by atoms with Gasteiger partial charge in [0.15, 0.2) is 0 Å². The Morgan fingerprint density at radius 2 is 2.24 bits per heavy atom. The van der Waals surface area contributed by atoms with Crippen LogP contribution >= 0.6 is 15.9 Å². The molecule has 0 aliphatic carbocycles. The standard InChI is InChI=1S/C11H10BrN3O2/c1-15(17-2)11(16)9-6-13-14-10-4-3-7(12)5-8(9)10/h3-6H,1-2H3. The van der Waals surface area contributed by atoms with Gasteiger partial charge in [-0.15, -0.1) is 0 Å². The van der Waals surface area contributed by atoms with Crippen molar-refractivity contribution in [1.29, 1.82) is 0 Å². The number of hydrogen-bond donors (Lipinski definition) is 0. The fraction of sp³-hybridized carbons (Fsp3) is 0.182. The zero-order valence-electron chi connectivity index (χ0n) is 9.35. The van der Waals surface area contributed by atoms with Crippen LogP contribution in [0.3, 0.4) is 0 Å². The van der Waals surface area contributed by atoms with Gasteiger partial charge in [-0.05, 0) is 18.2 Å². The maximum atomic E-state index is 12.0. The second kappa shape index (κ2) is 4.77. The summed E-state index contributed by atoms with van der Waals surface area (Å²) in [5.74, 6) is -0.259. The Kier molecular flexibility index (Phi) is 3.35. The molecule has 1 aromatic heterocycles. The minimum Gasteiger partial charge on any atom is -0.274 e. The molecule has 0 atom stereocenters. The van der Waals surface area contributed by atoms with E-state index < -0.39 is 0 Å². The van der Waals surface area contributed by atoms with Crippen LogP contribution in [0.15, 0.2) is 28.9 Å². The van der Waals surface area contributed by atoms with E-state index in [4.69, 9.17) is 4.84 Å². The second-order valence-corrected chi connectivity index (χ2v) is 4.32. The van der Waals surface area contributed by atoms with Crippen LogP contribution in [-0.2, 0) is 4.84 Å². The Balaban J connectivity index is 2.61. The molecule has 6 heteroatoms.